The van der Waals surface area contributed by atoms with Crippen LogP contribution >= 0.6 is 0 Å². The van der Waals surface area contributed by atoms with Gasteiger partial charge in [0.05, 0.1) is 6.20 Å². The summed E-state index contributed by atoms with van der Waals surface area (Å²) in [6, 6.07) is 8.77. The molecule has 3 rings (SSSR count). The smallest absolute Gasteiger partial charge is 0.129 e. The fourth-order valence-corrected chi connectivity index (χ4v) is 2.97. The lowest BCUT2D eigenvalue weighted by Gasteiger charge is -2.29. The van der Waals surface area contributed by atoms with Crippen LogP contribution in [-0.4, -0.2) is 34.8 Å². The Labute approximate surface area is 120 Å². The molecule has 0 amide bonds. The Morgan fingerprint density at radius 2 is 1.95 bits per heavy atom. The van der Waals surface area contributed by atoms with Crippen molar-refractivity contribution in [3.63, 3.8) is 0 Å². The molecule has 4 nitrogen and oxygen atoms in total. The topological polar surface area (TPSA) is 47.1 Å². The van der Waals surface area contributed by atoms with Crippen LogP contribution in [0.5, 0.6) is 0 Å². The number of nitrogens with zero attached hydrogens (tertiary/aromatic N) is 3. The largest absolute Gasteiger partial charge is 0.383 e. The predicted molar refractivity (Wildman–Crippen MR) is 82.5 cm³/mol. The number of likely N-dealkylation sites (tertiary alicyclic amines) is 1. The summed E-state index contributed by atoms with van der Waals surface area (Å²) in [7, 11) is 4.07. The number of hydrogen-bond donors (Lipinski definition) is 1. The van der Waals surface area contributed by atoms with Crippen molar-refractivity contribution in [3.8, 4) is 11.1 Å². The number of benzene rings is 1. The lowest BCUT2D eigenvalue weighted by Crippen LogP contribution is -2.29. The van der Waals surface area contributed by atoms with Gasteiger partial charge in [-0.25, -0.2) is 0 Å². The monoisotopic (exact) mass is 270 g/mol. The third-order valence-corrected chi connectivity index (χ3v) is 4.37. The standard InChI is InChI=1S/C16H22N4/c1-19-8-6-12(7-9-19)13-4-3-5-14(10-13)15-11-18-20(2)16(15)17/h3-5,10-12H,6-9,17H2,1-2H3. The minimum atomic E-state index is 0.670. The van der Waals surface area contributed by atoms with E-state index in [0.29, 0.717) is 5.92 Å². The van der Waals surface area contributed by atoms with Crippen LogP contribution in [0.25, 0.3) is 11.1 Å². The van der Waals surface area contributed by atoms with Crippen LogP contribution in [0.1, 0.15) is 24.3 Å². The molecule has 1 aromatic carbocycles. The van der Waals surface area contributed by atoms with Gasteiger partial charge in [0.25, 0.3) is 0 Å². The minimum Gasteiger partial charge on any atom is -0.383 e. The minimum absolute atomic E-state index is 0.670. The molecule has 0 atom stereocenters. The van der Waals surface area contributed by atoms with Crippen LogP contribution in [0.15, 0.2) is 30.5 Å². The first-order valence-corrected chi connectivity index (χ1v) is 7.21. The molecule has 0 saturated carbocycles. The zero-order valence-electron chi connectivity index (χ0n) is 12.2. The molecular formula is C16H22N4. The highest BCUT2D eigenvalue weighted by atomic mass is 15.3. The summed E-state index contributed by atoms with van der Waals surface area (Å²) in [5.41, 5.74) is 9.71. The van der Waals surface area contributed by atoms with Gasteiger partial charge in [-0.3, -0.25) is 4.68 Å². The Morgan fingerprint density at radius 3 is 2.60 bits per heavy atom. The molecule has 0 spiro atoms. The lowest BCUT2D eigenvalue weighted by atomic mass is 9.88. The van der Waals surface area contributed by atoms with E-state index < -0.39 is 0 Å². The number of hydrogen-bond acceptors (Lipinski definition) is 3. The zero-order chi connectivity index (χ0) is 14.1. The molecule has 4 heteroatoms. The van der Waals surface area contributed by atoms with Gasteiger partial charge in [0.1, 0.15) is 5.82 Å². The molecule has 106 valence electrons. The zero-order valence-corrected chi connectivity index (χ0v) is 12.2. The number of aryl methyl sites for hydroxylation is 1. The lowest BCUT2D eigenvalue weighted by molar-refractivity contribution is 0.255. The van der Waals surface area contributed by atoms with Crippen LogP contribution in [-0.2, 0) is 7.05 Å². The summed E-state index contributed by atoms with van der Waals surface area (Å²) < 4.78 is 1.72. The van der Waals surface area contributed by atoms with Crippen molar-refractivity contribution in [1.82, 2.24) is 14.7 Å². The van der Waals surface area contributed by atoms with Crippen molar-refractivity contribution in [2.24, 2.45) is 7.05 Å². The Hall–Kier alpha value is -1.81. The van der Waals surface area contributed by atoms with E-state index in [1.807, 2.05) is 13.2 Å². The molecule has 0 aliphatic carbocycles. The van der Waals surface area contributed by atoms with E-state index in [4.69, 9.17) is 5.73 Å². The van der Waals surface area contributed by atoms with E-state index in [2.05, 4.69) is 41.3 Å². The highest BCUT2D eigenvalue weighted by Crippen LogP contribution is 2.32. The molecule has 0 bridgehead atoms. The summed E-state index contributed by atoms with van der Waals surface area (Å²) in [5.74, 6) is 1.40. The van der Waals surface area contributed by atoms with Crippen LogP contribution < -0.4 is 5.73 Å². The quantitative estimate of drug-likeness (QED) is 0.912. The number of nitrogen functional groups attached to an aromatic ring is 1. The first kappa shape index (κ1) is 13.2. The van der Waals surface area contributed by atoms with Crippen molar-refractivity contribution in [2.45, 2.75) is 18.8 Å². The van der Waals surface area contributed by atoms with Gasteiger partial charge in [-0.05, 0) is 50.0 Å². The van der Waals surface area contributed by atoms with E-state index in [0.717, 1.165) is 11.4 Å². The van der Waals surface area contributed by atoms with E-state index >= 15 is 0 Å². The third kappa shape index (κ3) is 2.43. The molecule has 20 heavy (non-hydrogen) atoms. The molecule has 1 aliphatic rings. The van der Waals surface area contributed by atoms with Gasteiger partial charge in [-0.1, -0.05) is 24.3 Å². The molecule has 2 N–H and O–H groups in total. The molecule has 0 radical (unpaired) electrons. The van der Waals surface area contributed by atoms with Crippen molar-refractivity contribution in [1.29, 1.82) is 0 Å². The maximum absolute atomic E-state index is 6.08. The summed E-state index contributed by atoms with van der Waals surface area (Å²) >= 11 is 0. The van der Waals surface area contributed by atoms with E-state index in [1.165, 1.54) is 37.1 Å². The Morgan fingerprint density at radius 1 is 1.20 bits per heavy atom. The summed E-state index contributed by atoms with van der Waals surface area (Å²) in [6.07, 6.45) is 4.33. The van der Waals surface area contributed by atoms with Gasteiger partial charge < -0.3 is 10.6 Å². The Kier molecular flexibility index (Phi) is 3.49. The van der Waals surface area contributed by atoms with E-state index in [-0.39, 0.29) is 0 Å². The van der Waals surface area contributed by atoms with Crippen molar-refractivity contribution < 1.29 is 0 Å². The second kappa shape index (κ2) is 5.29. The van der Waals surface area contributed by atoms with Crippen molar-refractivity contribution in [3.05, 3.63) is 36.0 Å². The number of nitrogens with two attached hydrogens (primary N) is 1. The third-order valence-electron chi connectivity index (χ3n) is 4.37. The summed E-state index contributed by atoms with van der Waals surface area (Å²) in [5, 5.41) is 4.23. The van der Waals surface area contributed by atoms with Crippen LogP contribution in [0.3, 0.4) is 0 Å². The number of anilines is 1. The van der Waals surface area contributed by atoms with Gasteiger partial charge in [-0.15, -0.1) is 0 Å². The van der Waals surface area contributed by atoms with Gasteiger partial charge >= 0.3 is 0 Å². The highest BCUT2D eigenvalue weighted by molar-refractivity contribution is 5.73. The maximum Gasteiger partial charge on any atom is 0.129 e. The second-order valence-corrected chi connectivity index (χ2v) is 5.77. The summed E-state index contributed by atoms with van der Waals surface area (Å²) in [4.78, 5) is 2.40. The average molecular weight is 270 g/mol. The molecule has 1 saturated heterocycles. The maximum atomic E-state index is 6.08. The van der Waals surface area contributed by atoms with Crippen LogP contribution in [0.2, 0.25) is 0 Å². The van der Waals surface area contributed by atoms with E-state index in [9.17, 15) is 0 Å². The molecule has 2 aromatic rings. The normalized spacial score (nSPS) is 17.5. The molecular weight excluding hydrogens is 248 g/mol. The van der Waals surface area contributed by atoms with E-state index in [1.54, 1.807) is 4.68 Å². The Bertz CT molecular complexity index is 594. The van der Waals surface area contributed by atoms with Crippen LogP contribution in [0, 0.1) is 0 Å². The van der Waals surface area contributed by atoms with Crippen LogP contribution in [0.4, 0.5) is 5.82 Å². The van der Waals surface area contributed by atoms with Gasteiger partial charge in [0, 0.05) is 12.6 Å². The number of aromatic nitrogens is 2. The average Bonchev–Trinajstić information content (AvgIpc) is 2.80. The van der Waals surface area contributed by atoms with Crippen molar-refractivity contribution >= 4 is 5.82 Å². The van der Waals surface area contributed by atoms with Gasteiger partial charge in [-0.2, -0.15) is 5.10 Å². The first-order chi connectivity index (χ1) is 9.65. The fraction of sp³-hybridized carbons (Fsp3) is 0.438. The number of rotatable bonds is 2. The highest BCUT2D eigenvalue weighted by Gasteiger charge is 2.19. The summed E-state index contributed by atoms with van der Waals surface area (Å²) in [6.45, 7) is 2.37. The molecule has 2 heterocycles. The molecule has 1 aliphatic heterocycles. The Balaban J connectivity index is 1.88. The molecule has 1 fully saturated rings. The SMILES string of the molecule is CN1CCC(c2cccc(-c3cnn(C)c3N)c2)CC1. The predicted octanol–water partition coefficient (Wildman–Crippen LogP) is 2.48. The first-order valence-electron chi connectivity index (χ1n) is 7.21. The molecule has 1 aromatic heterocycles. The second-order valence-electron chi connectivity index (χ2n) is 5.77. The van der Waals surface area contributed by atoms with Gasteiger partial charge in [0.2, 0.25) is 0 Å². The van der Waals surface area contributed by atoms with Gasteiger partial charge in [0.15, 0.2) is 0 Å². The number of piperidine rings is 1. The molecule has 0 unspecified atom stereocenters. The fourth-order valence-electron chi connectivity index (χ4n) is 2.97. The van der Waals surface area contributed by atoms with Crippen molar-refractivity contribution in [2.75, 3.05) is 25.9 Å².